The number of piperidine rings is 1. The molecule has 0 amide bonds. The summed E-state index contributed by atoms with van der Waals surface area (Å²) in [7, 11) is 0. The van der Waals surface area contributed by atoms with Crippen molar-refractivity contribution in [2.45, 2.75) is 105 Å². The van der Waals surface area contributed by atoms with Gasteiger partial charge in [0.25, 0.3) is 0 Å². The molecule has 2 aliphatic rings. The van der Waals surface area contributed by atoms with E-state index < -0.39 is 0 Å². The van der Waals surface area contributed by atoms with Gasteiger partial charge in [-0.05, 0) is 112 Å². The summed E-state index contributed by atoms with van der Waals surface area (Å²) in [5.41, 5.74) is 9.16. The van der Waals surface area contributed by atoms with E-state index in [9.17, 15) is 0 Å². The first-order valence-electron chi connectivity index (χ1n) is 16.4. The minimum atomic E-state index is 0.301. The lowest BCUT2D eigenvalue weighted by Gasteiger charge is -2.43. The number of benzene rings is 2. The third kappa shape index (κ3) is 11.1. The van der Waals surface area contributed by atoms with Crippen molar-refractivity contribution in [1.82, 2.24) is 10.2 Å². The van der Waals surface area contributed by atoms with Crippen LogP contribution in [0.5, 0.6) is 0 Å². The van der Waals surface area contributed by atoms with Gasteiger partial charge in [-0.3, -0.25) is 0 Å². The lowest BCUT2D eigenvalue weighted by Crippen LogP contribution is -2.45. The van der Waals surface area contributed by atoms with Gasteiger partial charge >= 0.3 is 0 Å². The molecule has 0 spiro atoms. The van der Waals surface area contributed by atoms with Crippen molar-refractivity contribution in [3.63, 3.8) is 0 Å². The third-order valence-electron chi connectivity index (χ3n) is 8.81. The predicted molar refractivity (Wildman–Crippen MR) is 191 cm³/mol. The molecule has 2 aromatic rings. The van der Waals surface area contributed by atoms with E-state index in [1.54, 1.807) is 0 Å². The molecule has 2 aromatic carbocycles. The summed E-state index contributed by atoms with van der Waals surface area (Å²) in [6.07, 6.45) is 13.0. The number of rotatable bonds is 9. The quantitative estimate of drug-likeness (QED) is 0.235. The Morgan fingerprint density at radius 2 is 1.72 bits per heavy atom. The molecule has 0 aromatic heterocycles. The minimum absolute atomic E-state index is 0.301. The molecule has 2 heteroatoms. The smallest absolute Gasteiger partial charge is 0.0251 e. The number of nitrogens with zero attached hydrogens (tertiary/aromatic N) is 1. The van der Waals surface area contributed by atoms with Gasteiger partial charge in [0.1, 0.15) is 0 Å². The predicted octanol–water partition coefficient (Wildman–Crippen LogP) is 10.8. The van der Waals surface area contributed by atoms with E-state index in [0.29, 0.717) is 11.3 Å². The standard InChI is InChI=1S/C27H35N.C12H19N.C2H4/c1-5-9-22-11-8-12-24(21-22)23-13-15-25(16-14-23)27(4)17-19-28(20-18-27)26(7-3)10-6-2;1-5-11(4)13-12-7-9(2)6-10(3)8-12;1-2/h8,11-16,21,26H,6-7,10,17-20H2,1-4H3;6-7,10,13H,4-5,8H2,1-3H3;1-2H2. The van der Waals surface area contributed by atoms with Gasteiger partial charge in [-0.15, -0.1) is 19.1 Å². The van der Waals surface area contributed by atoms with Crippen LogP contribution in [-0.2, 0) is 5.41 Å². The first kappa shape index (κ1) is 35.9. The molecule has 1 fully saturated rings. The lowest BCUT2D eigenvalue weighted by molar-refractivity contribution is 0.112. The van der Waals surface area contributed by atoms with E-state index >= 15 is 0 Å². The largest absolute Gasteiger partial charge is 0.363 e. The normalized spacial score (nSPS) is 18.2. The van der Waals surface area contributed by atoms with Gasteiger partial charge in [0.15, 0.2) is 0 Å². The molecule has 2 atom stereocenters. The van der Waals surface area contributed by atoms with Crippen LogP contribution in [0.25, 0.3) is 11.1 Å². The average molecular weight is 579 g/mol. The molecule has 0 saturated carbocycles. The van der Waals surface area contributed by atoms with Crippen molar-refractivity contribution in [3.05, 3.63) is 109 Å². The topological polar surface area (TPSA) is 15.3 Å². The molecule has 1 saturated heterocycles. The van der Waals surface area contributed by atoms with E-state index in [4.69, 9.17) is 0 Å². The van der Waals surface area contributed by atoms with Gasteiger partial charge in [-0.2, -0.15) is 0 Å². The van der Waals surface area contributed by atoms with Crippen molar-refractivity contribution in [1.29, 1.82) is 0 Å². The maximum absolute atomic E-state index is 3.95. The Bertz CT molecular complexity index is 1260. The van der Waals surface area contributed by atoms with Crippen molar-refractivity contribution < 1.29 is 0 Å². The van der Waals surface area contributed by atoms with Crippen LogP contribution in [0.3, 0.4) is 0 Å². The van der Waals surface area contributed by atoms with Crippen LogP contribution in [0.1, 0.15) is 105 Å². The fourth-order valence-corrected chi connectivity index (χ4v) is 6.27. The number of likely N-dealkylation sites (tertiary alicyclic amines) is 1. The molecule has 0 radical (unpaired) electrons. The van der Waals surface area contributed by atoms with Crippen LogP contribution >= 0.6 is 0 Å². The minimum Gasteiger partial charge on any atom is -0.363 e. The molecule has 1 aliphatic carbocycles. The van der Waals surface area contributed by atoms with Gasteiger partial charge in [0, 0.05) is 23.0 Å². The van der Waals surface area contributed by atoms with Crippen LogP contribution in [0, 0.1) is 17.8 Å². The maximum Gasteiger partial charge on any atom is 0.0251 e. The van der Waals surface area contributed by atoms with E-state index in [2.05, 4.69) is 144 Å². The van der Waals surface area contributed by atoms with Crippen molar-refractivity contribution in [2.75, 3.05) is 13.1 Å². The molecule has 2 unspecified atom stereocenters. The second-order valence-corrected chi connectivity index (χ2v) is 12.3. The lowest BCUT2D eigenvalue weighted by atomic mass is 9.74. The summed E-state index contributed by atoms with van der Waals surface area (Å²) >= 11 is 0. The molecular formula is C41H58N2. The van der Waals surface area contributed by atoms with Gasteiger partial charge in [-0.1, -0.05) is 102 Å². The number of hydrogen-bond donors (Lipinski definition) is 1. The van der Waals surface area contributed by atoms with Gasteiger partial charge in [-0.25, -0.2) is 0 Å². The van der Waals surface area contributed by atoms with Gasteiger partial charge in [0.2, 0.25) is 0 Å². The summed E-state index contributed by atoms with van der Waals surface area (Å²) in [5.74, 6) is 6.80. The Balaban J connectivity index is 0.000000360. The zero-order chi connectivity index (χ0) is 31.8. The van der Waals surface area contributed by atoms with Crippen molar-refractivity contribution in [2.24, 2.45) is 5.92 Å². The molecular weight excluding hydrogens is 520 g/mol. The van der Waals surface area contributed by atoms with Crippen LogP contribution < -0.4 is 5.32 Å². The van der Waals surface area contributed by atoms with Crippen LogP contribution in [0.2, 0.25) is 0 Å². The molecule has 232 valence electrons. The Kier molecular flexibility index (Phi) is 15.4. The summed E-state index contributed by atoms with van der Waals surface area (Å²) < 4.78 is 0. The number of allylic oxidation sites excluding steroid dienone is 5. The fourth-order valence-electron chi connectivity index (χ4n) is 6.27. The highest BCUT2D eigenvalue weighted by atomic mass is 15.2. The van der Waals surface area contributed by atoms with E-state index in [0.717, 1.165) is 30.1 Å². The Morgan fingerprint density at radius 1 is 1.05 bits per heavy atom. The average Bonchev–Trinajstić information content (AvgIpc) is 3.01. The van der Waals surface area contributed by atoms with Crippen molar-refractivity contribution >= 4 is 0 Å². The molecule has 0 bridgehead atoms. The number of nitrogens with one attached hydrogen (secondary N) is 1. The summed E-state index contributed by atoms with van der Waals surface area (Å²) in [6, 6.07) is 18.6. The van der Waals surface area contributed by atoms with E-state index in [1.807, 2.05) is 6.92 Å². The fraction of sp³-hybridized carbons (Fsp3) is 0.463. The highest BCUT2D eigenvalue weighted by Gasteiger charge is 2.33. The number of hydrogen-bond acceptors (Lipinski definition) is 2. The molecule has 1 heterocycles. The van der Waals surface area contributed by atoms with E-state index in [-0.39, 0.29) is 0 Å². The van der Waals surface area contributed by atoms with Crippen molar-refractivity contribution in [3.8, 4) is 23.0 Å². The molecule has 2 nitrogen and oxygen atoms in total. The van der Waals surface area contributed by atoms with Gasteiger partial charge in [0.05, 0.1) is 0 Å². The molecule has 1 aliphatic heterocycles. The molecule has 43 heavy (non-hydrogen) atoms. The summed E-state index contributed by atoms with van der Waals surface area (Å²) in [5, 5.41) is 3.36. The zero-order valence-corrected chi connectivity index (χ0v) is 28.4. The first-order valence-corrected chi connectivity index (χ1v) is 16.4. The highest BCUT2D eigenvalue weighted by molar-refractivity contribution is 5.66. The third-order valence-corrected chi connectivity index (χ3v) is 8.81. The highest BCUT2D eigenvalue weighted by Crippen LogP contribution is 2.37. The monoisotopic (exact) mass is 578 g/mol. The van der Waals surface area contributed by atoms with Gasteiger partial charge < -0.3 is 10.2 Å². The van der Waals surface area contributed by atoms with Crippen LogP contribution in [0.15, 0.2) is 97.4 Å². The van der Waals surface area contributed by atoms with Crippen LogP contribution in [-0.4, -0.2) is 24.0 Å². The second-order valence-electron chi connectivity index (χ2n) is 12.3. The molecule has 4 rings (SSSR count). The SMILES string of the molecule is C=C.C=C(CC)NC1=CC(C)=CC(C)C1.CC#Cc1cccc(-c2ccc(C3(C)CCN(C(CC)CCC)CC3)cc2)c1. The summed E-state index contributed by atoms with van der Waals surface area (Å²) in [6.45, 7) is 27.9. The zero-order valence-electron chi connectivity index (χ0n) is 28.4. The maximum atomic E-state index is 3.95. The molecule has 1 N–H and O–H groups in total. The Morgan fingerprint density at radius 3 is 2.28 bits per heavy atom. The second kappa shape index (κ2) is 18.4. The first-order chi connectivity index (χ1) is 20.7. The van der Waals surface area contributed by atoms with Crippen LogP contribution in [0.4, 0.5) is 0 Å². The summed E-state index contributed by atoms with van der Waals surface area (Å²) in [4.78, 5) is 2.74. The Labute approximate surface area is 265 Å². The Hall–Kier alpha value is -3.28. The van der Waals surface area contributed by atoms with E-state index in [1.165, 1.54) is 73.2 Å².